The van der Waals surface area contributed by atoms with Crippen molar-refractivity contribution in [1.82, 2.24) is 10.4 Å². The van der Waals surface area contributed by atoms with E-state index in [2.05, 4.69) is 22.2 Å². The van der Waals surface area contributed by atoms with Crippen LogP contribution in [0.5, 0.6) is 0 Å². The quantitative estimate of drug-likeness (QED) is 0.516. The van der Waals surface area contributed by atoms with Crippen molar-refractivity contribution in [3.63, 3.8) is 0 Å². The summed E-state index contributed by atoms with van der Waals surface area (Å²) in [6, 6.07) is 3.30. The third-order valence-corrected chi connectivity index (χ3v) is 1.34. The summed E-state index contributed by atoms with van der Waals surface area (Å²) in [4.78, 5) is 15.1. The van der Waals surface area contributed by atoms with Crippen molar-refractivity contribution in [2.24, 2.45) is 5.10 Å². The average Bonchev–Trinajstić information content (AvgIpc) is 2.05. The van der Waals surface area contributed by atoms with Crippen LogP contribution in [0.2, 0.25) is 0 Å². The summed E-state index contributed by atoms with van der Waals surface area (Å²) in [5.74, 6) is -0.268. The van der Waals surface area contributed by atoms with Crippen LogP contribution in [0, 0.1) is 6.92 Å². The lowest BCUT2D eigenvalue weighted by atomic mass is 10.2. The lowest BCUT2D eigenvalue weighted by Gasteiger charge is -1.98. The molecule has 12 heavy (non-hydrogen) atoms. The highest BCUT2D eigenvalue weighted by molar-refractivity contribution is 5.94. The molecule has 4 heteroatoms. The first-order valence-electron chi connectivity index (χ1n) is 3.43. The monoisotopic (exact) mass is 163 g/mol. The van der Waals surface area contributed by atoms with E-state index in [0.717, 1.165) is 5.69 Å². The molecule has 0 radical (unpaired) electrons. The van der Waals surface area contributed by atoms with Crippen LogP contribution in [0.15, 0.2) is 23.4 Å². The van der Waals surface area contributed by atoms with Gasteiger partial charge in [-0.15, -0.1) is 0 Å². The van der Waals surface area contributed by atoms with E-state index >= 15 is 0 Å². The summed E-state index contributed by atoms with van der Waals surface area (Å²) in [7, 11) is 0. The summed E-state index contributed by atoms with van der Waals surface area (Å²) in [5.41, 5.74) is 3.57. The molecule has 1 aromatic heterocycles. The van der Waals surface area contributed by atoms with Gasteiger partial charge in [0, 0.05) is 24.2 Å². The molecule has 0 saturated carbocycles. The van der Waals surface area contributed by atoms with Crippen LogP contribution in [0.3, 0.4) is 0 Å². The van der Waals surface area contributed by atoms with Gasteiger partial charge < -0.3 is 0 Å². The number of carbonyl (C=O) groups is 1. The van der Waals surface area contributed by atoms with Gasteiger partial charge in [0.15, 0.2) is 0 Å². The van der Waals surface area contributed by atoms with Gasteiger partial charge in [-0.25, -0.2) is 5.43 Å². The standard InChI is InChI=1S/C8H9N3O/c1-6-5-7(3-4-10-6)8(12)11-9-2/h3-5H,2H2,1H3,(H,11,12). The molecular weight excluding hydrogens is 154 g/mol. The van der Waals surface area contributed by atoms with Gasteiger partial charge in [0.05, 0.1) is 0 Å². The number of hydrazone groups is 1. The van der Waals surface area contributed by atoms with Crippen molar-refractivity contribution in [2.75, 3.05) is 0 Å². The minimum atomic E-state index is -0.268. The molecule has 0 bridgehead atoms. The number of pyridine rings is 1. The number of rotatable bonds is 2. The molecular formula is C8H9N3O. The number of nitrogens with one attached hydrogen (secondary N) is 1. The largest absolute Gasteiger partial charge is 0.271 e. The summed E-state index contributed by atoms with van der Waals surface area (Å²) >= 11 is 0. The first-order valence-corrected chi connectivity index (χ1v) is 3.43. The van der Waals surface area contributed by atoms with Gasteiger partial charge in [0.1, 0.15) is 0 Å². The zero-order valence-corrected chi connectivity index (χ0v) is 6.74. The molecule has 0 unspecified atom stereocenters. The molecule has 1 amide bonds. The van der Waals surface area contributed by atoms with Crippen molar-refractivity contribution in [3.05, 3.63) is 29.6 Å². The third kappa shape index (κ3) is 1.88. The van der Waals surface area contributed by atoms with Crippen LogP contribution in [-0.4, -0.2) is 17.6 Å². The van der Waals surface area contributed by atoms with Crippen LogP contribution in [-0.2, 0) is 0 Å². The molecule has 1 aromatic rings. The number of aromatic nitrogens is 1. The molecule has 1 N–H and O–H groups in total. The Labute approximate surface area is 70.3 Å². The Morgan fingerprint density at radius 2 is 2.50 bits per heavy atom. The molecule has 0 fully saturated rings. The maximum atomic E-state index is 11.1. The zero-order chi connectivity index (χ0) is 8.97. The number of hydrogen-bond acceptors (Lipinski definition) is 3. The summed E-state index contributed by atoms with van der Waals surface area (Å²) in [5, 5.41) is 3.27. The van der Waals surface area contributed by atoms with Crippen LogP contribution in [0.4, 0.5) is 0 Å². The van der Waals surface area contributed by atoms with E-state index in [1.165, 1.54) is 0 Å². The highest BCUT2D eigenvalue weighted by atomic mass is 16.2. The molecule has 62 valence electrons. The normalized spacial score (nSPS) is 9.08. The second-order valence-electron chi connectivity index (χ2n) is 2.28. The van der Waals surface area contributed by atoms with Gasteiger partial charge in [-0.05, 0) is 19.1 Å². The molecule has 0 aliphatic rings. The maximum absolute atomic E-state index is 11.1. The minimum absolute atomic E-state index is 0.268. The molecule has 1 rings (SSSR count). The van der Waals surface area contributed by atoms with E-state index < -0.39 is 0 Å². The zero-order valence-electron chi connectivity index (χ0n) is 6.74. The maximum Gasteiger partial charge on any atom is 0.271 e. The lowest BCUT2D eigenvalue weighted by Crippen LogP contribution is -2.16. The molecule has 0 aromatic carbocycles. The number of nitrogens with zero attached hydrogens (tertiary/aromatic N) is 2. The summed E-state index contributed by atoms with van der Waals surface area (Å²) < 4.78 is 0. The summed E-state index contributed by atoms with van der Waals surface area (Å²) in [6.07, 6.45) is 1.58. The smallest absolute Gasteiger partial charge is 0.267 e. The van der Waals surface area contributed by atoms with Crippen molar-refractivity contribution < 1.29 is 4.79 Å². The SMILES string of the molecule is C=NNC(=O)c1ccnc(C)c1. The Bertz CT molecular complexity index is 309. The van der Waals surface area contributed by atoms with Crippen molar-refractivity contribution >= 4 is 12.6 Å². The van der Waals surface area contributed by atoms with Crippen LogP contribution in [0.25, 0.3) is 0 Å². The Morgan fingerprint density at radius 3 is 3.08 bits per heavy atom. The Kier molecular flexibility index (Phi) is 2.53. The molecule has 4 nitrogen and oxygen atoms in total. The first kappa shape index (κ1) is 8.39. The van der Waals surface area contributed by atoms with Gasteiger partial charge in [0.25, 0.3) is 5.91 Å². The predicted octanol–water partition coefficient (Wildman–Crippen LogP) is 0.735. The highest BCUT2D eigenvalue weighted by Gasteiger charge is 2.02. The molecule has 0 atom stereocenters. The second-order valence-corrected chi connectivity index (χ2v) is 2.28. The van der Waals surface area contributed by atoms with E-state index in [1.54, 1.807) is 18.3 Å². The van der Waals surface area contributed by atoms with Gasteiger partial charge in [-0.3, -0.25) is 9.78 Å². The fraction of sp³-hybridized carbons (Fsp3) is 0.125. The van der Waals surface area contributed by atoms with Crippen molar-refractivity contribution in [2.45, 2.75) is 6.92 Å². The average molecular weight is 163 g/mol. The van der Waals surface area contributed by atoms with E-state index in [1.807, 2.05) is 6.92 Å². The fourth-order valence-corrected chi connectivity index (χ4v) is 0.823. The van der Waals surface area contributed by atoms with Crippen molar-refractivity contribution in [3.8, 4) is 0 Å². The molecule has 0 saturated heterocycles. The number of hydrogen-bond donors (Lipinski definition) is 1. The number of amides is 1. The van der Waals surface area contributed by atoms with Crippen LogP contribution in [0.1, 0.15) is 16.1 Å². The van der Waals surface area contributed by atoms with E-state index in [-0.39, 0.29) is 5.91 Å². The Balaban J connectivity index is 2.87. The topological polar surface area (TPSA) is 54.4 Å². The predicted molar refractivity (Wildman–Crippen MR) is 46.0 cm³/mol. The second kappa shape index (κ2) is 3.61. The lowest BCUT2D eigenvalue weighted by molar-refractivity contribution is 0.0955. The van der Waals surface area contributed by atoms with Crippen molar-refractivity contribution in [1.29, 1.82) is 0 Å². The minimum Gasteiger partial charge on any atom is -0.267 e. The van der Waals surface area contributed by atoms with Gasteiger partial charge in [0.2, 0.25) is 0 Å². The Morgan fingerprint density at radius 1 is 1.75 bits per heavy atom. The Hall–Kier alpha value is -1.71. The summed E-state index contributed by atoms with van der Waals surface area (Å²) in [6.45, 7) is 4.97. The van der Waals surface area contributed by atoms with Gasteiger partial charge >= 0.3 is 0 Å². The van der Waals surface area contributed by atoms with E-state index in [9.17, 15) is 4.79 Å². The molecule has 0 spiro atoms. The number of carbonyl (C=O) groups excluding carboxylic acids is 1. The molecule has 0 aliphatic carbocycles. The third-order valence-electron chi connectivity index (χ3n) is 1.34. The molecule has 1 heterocycles. The first-order chi connectivity index (χ1) is 5.74. The van der Waals surface area contributed by atoms with Crippen LogP contribution >= 0.6 is 0 Å². The van der Waals surface area contributed by atoms with Gasteiger partial charge in [-0.2, -0.15) is 5.10 Å². The number of aryl methyl sites for hydroxylation is 1. The van der Waals surface area contributed by atoms with Gasteiger partial charge in [-0.1, -0.05) is 0 Å². The highest BCUT2D eigenvalue weighted by Crippen LogP contribution is 1.99. The van der Waals surface area contributed by atoms with Crippen LogP contribution < -0.4 is 5.43 Å². The fourth-order valence-electron chi connectivity index (χ4n) is 0.823. The molecule has 0 aliphatic heterocycles. The van der Waals surface area contributed by atoms with E-state index in [0.29, 0.717) is 5.56 Å². The van der Waals surface area contributed by atoms with E-state index in [4.69, 9.17) is 0 Å².